The van der Waals surface area contributed by atoms with Gasteiger partial charge in [0.2, 0.25) is 0 Å². The third kappa shape index (κ3) is 2.31. The van der Waals surface area contributed by atoms with Gasteiger partial charge in [-0.3, -0.25) is 9.69 Å². The number of hydrogen-bond donors (Lipinski definition) is 0. The van der Waals surface area contributed by atoms with E-state index in [0.717, 1.165) is 31.0 Å². The van der Waals surface area contributed by atoms with Crippen molar-refractivity contribution in [3.63, 3.8) is 0 Å². The molecule has 3 rings (SSSR count). The van der Waals surface area contributed by atoms with Gasteiger partial charge in [-0.15, -0.1) is 0 Å². The molecule has 19 heavy (non-hydrogen) atoms. The molecule has 0 saturated heterocycles. The molecule has 4 heteroatoms. The number of aromatic nitrogens is 2. The molecular formula is C15H17N3O. The molecule has 1 aliphatic rings. The zero-order valence-electron chi connectivity index (χ0n) is 11.0. The van der Waals surface area contributed by atoms with E-state index < -0.39 is 0 Å². The highest BCUT2D eigenvalue weighted by molar-refractivity contribution is 5.99. The fraction of sp³-hybridized carbons (Fsp3) is 0.333. The van der Waals surface area contributed by atoms with E-state index in [1.807, 2.05) is 49.6 Å². The molecule has 0 bridgehead atoms. The molecule has 1 aliphatic heterocycles. The largest absolute Gasteiger partial charge is 0.333 e. The summed E-state index contributed by atoms with van der Waals surface area (Å²) in [6.45, 7) is 4.52. The van der Waals surface area contributed by atoms with Crippen molar-refractivity contribution in [2.45, 2.75) is 26.1 Å². The molecule has 0 amide bonds. The van der Waals surface area contributed by atoms with Crippen LogP contribution in [0, 0.1) is 0 Å². The van der Waals surface area contributed by atoms with Crippen LogP contribution in [0.3, 0.4) is 0 Å². The van der Waals surface area contributed by atoms with Gasteiger partial charge in [-0.2, -0.15) is 0 Å². The third-order valence-corrected chi connectivity index (χ3v) is 3.76. The van der Waals surface area contributed by atoms with Gasteiger partial charge < -0.3 is 4.57 Å². The van der Waals surface area contributed by atoms with E-state index in [1.165, 1.54) is 0 Å². The quantitative estimate of drug-likeness (QED) is 0.787. The minimum atomic E-state index is -0.104. The summed E-state index contributed by atoms with van der Waals surface area (Å²) >= 11 is 0. The predicted molar refractivity (Wildman–Crippen MR) is 72.9 cm³/mol. The molecule has 1 atom stereocenters. The maximum absolute atomic E-state index is 12.4. The summed E-state index contributed by atoms with van der Waals surface area (Å²) in [7, 11) is 0. The van der Waals surface area contributed by atoms with Crippen LogP contribution < -0.4 is 0 Å². The molecule has 1 unspecified atom stereocenters. The van der Waals surface area contributed by atoms with Crippen molar-refractivity contribution in [3.05, 3.63) is 54.1 Å². The summed E-state index contributed by atoms with van der Waals surface area (Å²) < 4.78 is 2.15. The Morgan fingerprint density at radius 3 is 2.84 bits per heavy atom. The number of ketones is 1. The van der Waals surface area contributed by atoms with Crippen LogP contribution in [0.4, 0.5) is 0 Å². The van der Waals surface area contributed by atoms with Crippen molar-refractivity contribution in [1.82, 2.24) is 14.5 Å². The number of Topliss-reactive ketones (excluding diaryl/α,β-unsaturated/α-hetero) is 1. The molecule has 4 nitrogen and oxygen atoms in total. The van der Waals surface area contributed by atoms with E-state index in [9.17, 15) is 4.79 Å². The lowest BCUT2D eigenvalue weighted by Crippen LogP contribution is -2.43. The summed E-state index contributed by atoms with van der Waals surface area (Å²) in [5, 5.41) is 0. The maximum atomic E-state index is 12.4. The van der Waals surface area contributed by atoms with Crippen LogP contribution >= 0.6 is 0 Å². The Bertz CT molecular complexity index is 576. The molecule has 1 aromatic carbocycles. The molecular weight excluding hydrogens is 238 g/mol. The van der Waals surface area contributed by atoms with Crippen LogP contribution in [0.1, 0.15) is 23.1 Å². The van der Waals surface area contributed by atoms with E-state index >= 15 is 0 Å². The number of hydrogen-bond acceptors (Lipinski definition) is 3. The Kier molecular flexibility index (Phi) is 3.17. The first-order chi connectivity index (χ1) is 9.25. The van der Waals surface area contributed by atoms with E-state index in [2.05, 4.69) is 14.5 Å². The third-order valence-electron chi connectivity index (χ3n) is 3.76. The predicted octanol–water partition coefficient (Wildman–Crippen LogP) is 1.97. The van der Waals surface area contributed by atoms with Crippen molar-refractivity contribution in [2.24, 2.45) is 0 Å². The van der Waals surface area contributed by atoms with Gasteiger partial charge >= 0.3 is 0 Å². The minimum Gasteiger partial charge on any atom is -0.333 e. The highest BCUT2D eigenvalue weighted by atomic mass is 16.1. The fourth-order valence-electron chi connectivity index (χ4n) is 2.53. The zero-order valence-corrected chi connectivity index (χ0v) is 11.0. The lowest BCUT2D eigenvalue weighted by atomic mass is 10.0. The smallest absolute Gasteiger partial charge is 0.179 e. The van der Waals surface area contributed by atoms with Crippen molar-refractivity contribution >= 4 is 5.78 Å². The van der Waals surface area contributed by atoms with Gasteiger partial charge in [0.15, 0.2) is 5.78 Å². The lowest BCUT2D eigenvalue weighted by Gasteiger charge is -2.31. The Hall–Kier alpha value is -1.94. The Labute approximate surface area is 112 Å². The van der Waals surface area contributed by atoms with Crippen LogP contribution in [0.2, 0.25) is 0 Å². The zero-order chi connectivity index (χ0) is 13.2. The highest BCUT2D eigenvalue weighted by Crippen LogP contribution is 2.16. The average Bonchev–Trinajstić information content (AvgIpc) is 2.94. The summed E-state index contributed by atoms with van der Waals surface area (Å²) in [5.41, 5.74) is 0.781. The molecule has 2 heterocycles. The summed E-state index contributed by atoms with van der Waals surface area (Å²) in [5.74, 6) is 1.22. The standard InChI is InChI=1S/C15H17N3O/c1-12(15(19)13-5-3-2-4-6-13)18-10-9-17-8-7-16-14(17)11-18/h2-8,12H,9-11H2,1H3. The summed E-state index contributed by atoms with van der Waals surface area (Å²) in [4.78, 5) is 18.9. The topological polar surface area (TPSA) is 38.1 Å². The van der Waals surface area contributed by atoms with Crippen LogP contribution in [0.5, 0.6) is 0 Å². The molecule has 2 aromatic rings. The van der Waals surface area contributed by atoms with Gasteiger partial charge in [0.25, 0.3) is 0 Å². The molecule has 98 valence electrons. The van der Waals surface area contributed by atoms with E-state index in [4.69, 9.17) is 0 Å². The second kappa shape index (κ2) is 4.97. The molecule has 1 aromatic heterocycles. The number of rotatable bonds is 3. The number of nitrogens with zero attached hydrogens (tertiary/aromatic N) is 3. The number of carbonyl (C=O) groups excluding carboxylic acids is 1. The first kappa shape index (κ1) is 12.1. The summed E-state index contributed by atoms with van der Waals surface area (Å²) in [6, 6.07) is 9.39. The summed E-state index contributed by atoms with van der Waals surface area (Å²) in [6.07, 6.45) is 3.82. The second-order valence-corrected chi connectivity index (χ2v) is 4.91. The van der Waals surface area contributed by atoms with Crippen molar-refractivity contribution in [2.75, 3.05) is 6.54 Å². The van der Waals surface area contributed by atoms with Gasteiger partial charge in [-0.1, -0.05) is 30.3 Å². The van der Waals surface area contributed by atoms with Crippen LogP contribution in [-0.4, -0.2) is 32.8 Å². The molecule has 0 aliphatic carbocycles. The van der Waals surface area contributed by atoms with E-state index in [1.54, 1.807) is 0 Å². The average molecular weight is 255 g/mol. The van der Waals surface area contributed by atoms with Gasteiger partial charge in [0.1, 0.15) is 5.82 Å². The Morgan fingerprint density at radius 1 is 1.26 bits per heavy atom. The van der Waals surface area contributed by atoms with E-state index in [0.29, 0.717) is 0 Å². The van der Waals surface area contributed by atoms with Crippen molar-refractivity contribution in [1.29, 1.82) is 0 Å². The lowest BCUT2D eigenvalue weighted by molar-refractivity contribution is 0.0793. The van der Waals surface area contributed by atoms with Gasteiger partial charge in [-0.05, 0) is 6.92 Å². The maximum Gasteiger partial charge on any atom is 0.179 e. The van der Waals surface area contributed by atoms with Crippen molar-refractivity contribution in [3.8, 4) is 0 Å². The van der Waals surface area contributed by atoms with Gasteiger partial charge in [0.05, 0.1) is 12.6 Å². The number of benzene rings is 1. The van der Waals surface area contributed by atoms with E-state index in [-0.39, 0.29) is 11.8 Å². The molecule has 0 radical (unpaired) electrons. The van der Waals surface area contributed by atoms with Crippen LogP contribution in [0.25, 0.3) is 0 Å². The highest BCUT2D eigenvalue weighted by Gasteiger charge is 2.26. The molecule has 0 saturated carbocycles. The molecule has 0 spiro atoms. The van der Waals surface area contributed by atoms with Gasteiger partial charge in [0, 0.05) is 31.0 Å². The molecule has 0 N–H and O–H groups in total. The second-order valence-electron chi connectivity index (χ2n) is 4.91. The van der Waals surface area contributed by atoms with Gasteiger partial charge in [-0.25, -0.2) is 4.98 Å². The normalized spacial score (nSPS) is 16.9. The van der Waals surface area contributed by atoms with Crippen LogP contribution in [0.15, 0.2) is 42.7 Å². The SMILES string of the molecule is CC(C(=O)c1ccccc1)N1CCn2ccnc2C1. The Balaban J connectivity index is 1.75. The number of carbonyl (C=O) groups is 1. The number of imidazole rings is 1. The Morgan fingerprint density at radius 2 is 2.05 bits per heavy atom. The molecule has 0 fully saturated rings. The first-order valence-electron chi connectivity index (χ1n) is 6.59. The van der Waals surface area contributed by atoms with Crippen molar-refractivity contribution < 1.29 is 4.79 Å². The van der Waals surface area contributed by atoms with Crippen LogP contribution in [-0.2, 0) is 13.1 Å². The monoisotopic (exact) mass is 255 g/mol. The number of fused-ring (bicyclic) bond motifs is 1. The first-order valence-corrected chi connectivity index (χ1v) is 6.59. The fourth-order valence-corrected chi connectivity index (χ4v) is 2.53. The minimum absolute atomic E-state index is 0.104.